The van der Waals surface area contributed by atoms with Gasteiger partial charge in [0.25, 0.3) is 0 Å². The second kappa shape index (κ2) is 10.1. The minimum atomic E-state index is -0.543. The van der Waals surface area contributed by atoms with Crippen molar-refractivity contribution in [1.82, 2.24) is 14.6 Å². The molecule has 1 amide bonds. The smallest absolute Gasteiger partial charge is 0.407 e. The molecule has 7 heteroatoms. The highest BCUT2D eigenvalue weighted by molar-refractivity contribution is 7.97. The van der Waals surface area contributed by atoms with Gasteiger partial charge < -0.3 is 10.1 Å². The van der Waals surface area contributed by atoms with Crippen LogP contribution in [-0.4, -0.2) is 46.4 Å². The van der Waals surface area contributed by atoms with Gasteiger partial charge in [0.1, 0.15) is 5.60 Å². The molecule has 1 heterocycles. The standard InChI is InChI=1S/C18H25N3O3S/c1-6-7-15(22)13-21(25-16-9-8-14(2)20-12-16)11-10-19-17(23)24-18(3,4)5/h8-9,12H,10-11,13H2,1-5H3,(H,19,23). The first kappa shape index (κ1) is 21.0. The van der Waals surface area contributed by atoms with E-state index in [9.17, 15) is 9.59 Å². The molecule has 136 valence electrons. The maximum Gasteiger partial charge on any atom is 0.407 e. The van der Waals surface area contributed by atoms with Crippen LogP contribution >= 0.6 is 11.9 Å². The molecule has 0 bridgehead atoms. The van der Waals surface area contributed by atoms with Crippen LogP contribution in [0.25, 0.3) is 0 Å². The van der Waals surface area contributed by atoms with Gasteiger partial charge in [-0.05, 0) is 64.6 Å². The van der Waals surface area contributed by atoms with Gasteiger partial charge in [0.05, 0.1) is 6.54 Å². The molecule has 6 nitrogen and oxygen atoms in total. The number of aromatic nitrogens is 1. The van der Waals surface area contributed by atoms with Crippen molar-refractivity contribution < 1.29 is 14.3 Å². The number of hydrogen-bond acceptors (Lipinski definition) is 6. The van der Waals surface area contributed by atoms with E-state index in [0.717, 1.165) is 10.6 Å². The van der Waals surface area contributed by atoms with E-state index < -0.39 is 11.7 Å². The monoisotopic (exact) mass is 363 g/mol. The lowest BCUT2D eigenvalue weighted by Gasteiger charge is -2.22. The van der Waals surface area contributed by atoms with Gasteiger partial charge in [-0.2, -0.15) is 0 Å². The lowest BCUT2D eigenvalue weighted by atomic mass is 10.2. The molecule has 1 aromatic heterocycles. The van der Waals surface area contributed by atoms with Crippen LogP contribution in [0.4, 0.5) is 4.79 Å². The Morgan fingerprint density at radius 3 is 2.64 bits per heavy atom. The maximum atomic E-state index is 11.8. The van der Waals surface area contributed by atoms with Gasteiger partial charge in [-0.25, -0.2) is 9.10 Å². The molecule has 0 radical (unpaired) electrons. The zero-order chi connectivity index (χ0) is 18.9. The highest BCUT2D eigenvalue weighted by Crippen LogP contribution is 2.21. The van der Waals surface area contributed by atoms with Crippen molar-refractivity contribution in [2.75, 3.05) is 19.6 Å². The van der Waals surface area contributed by atoms with Gasteiger partial charge in [-0.3, -0.25) is 9.78 Å². The van der Waals surface area contributed by atoms with Crippen LogP contribution in [0.3, 0.4) is 0 Å². The zero-order valence-electron chi connectivity index (χ0n) is 15.4. The number of carbonyl (C=O) groups excluding carboxylic acids is 2. The lowest BCUT2D eigenvalue weighted by molar-refractivity contribution is -0.113. The summed E-state index contributed by atoms with van der Waals surface area (Å²) >= 11 is 1.41. The van der Waals surface area contributed by atoms with E-state index in [1.165, 1.54) is 11.9 Å². The van der Waals surface area contributed by atoms with E-state index in [2.05, 4.69) is 22.1 Å². The van der Waals surface area contributed by atoms with Crippen LogP contribution in [0.5, 0.6) is 0 Å². The van der Waals surface area contributed by atoms with Gasteiger partial charge >= 0.3 is 6.09 Å². The predicted molar refractivity (Wildman–Crippen MR) is 99.1 cm³/mol. The molecule has 1 N–H and O–H groups in total. The van der Waals surface area contributed by atoms with E-state index in [-0.39, 0.29) is 12.3 Å². The van der Waals surface area contributed by atoms with Gasteiger partial charge in [0.2, 0.25) is 5.78 Å². The molecule has 0 saturated heterocycles. The van der Waals surface area contributed by atoms with Crippen LogP contribution in [0.1, 0.15) is 33.4 Å². The van der Waals surface area contributed by atoms with E-state index in [0.29, 0.717) is 13.1 Å². The van der Waals surface area contributed by atoms with Crippen molar-refractivity contribution in [1.29, 1.82) is 0 Å². The number of ether oxygens (including phenoxy) is 1. The molecule has 0 spiro atoms. The topological polar surface area (TPSA) is 71.5 Å². The molecule has 1 rings (SSSR count). The molecular weight excluding hydrogens is 338 g/mol. The molecular formula is C18H25N3O3S. The number of aryl methyl sites for hydroxylation is 1. The summed E-state index contributed by atoms with van der Waals surface area (Å²) in [6.07, 6.45) is 1.28. The second-order valence-corrected chi connectivity index (χ2v) is 7.49. The summed E-state index contributed by atoms with van der Waals surface area (Å²) in [4.78, 5) is 28.7. The number of Topliss-reactive ketones (excluding diaryl/α,β-unsaturated/α-hetero) is 1. The third-order valence-electron chi connectivity index (χ3n) is 2.73. The van der Waals surface area contributed by atoms with Gasteiger partial charge in [0, 0.05) is 29.9 Å². The van der Waals surface area contributed by atoms with E-state index in [4.69, 9.17) is 4.74 Å². The predicted octanol–water partition coefficient (Wildman–Crippen LogP) is 2.82. The van der Waals surface area contributed by atoms with Gasteiger partial charge in [-0.1, -0.05) is 5.92 Å². The van der Waals surface area contributed by atoms with Gasteiger partial charge in [-0.15, -0.1) is 0 Å². The van der Waals surface area contributed by atoms with Crippen LogP contribution < -0.4 is 5.32 Å². The number of ketones is 1. The van der Waals surface area contributed by atoms with Crippen molar-refractivity contribution in [3.05, 3.63) is 24.0 Å². The first-order valence-electron chi connectivity index (χ1n) is 7.97. The average molecular weight is 363 g/mol. The summed E-state index contributed by atoms with van der Waals surface area (Å²) in [7, 11) is 0. The van der Waals surface area contributed by atoms with E-state index >= 15 is 0 Å². The molecule has 0 aliphatic carbocycles. The fraction of sp³-hybridized carbons (Fsp3) is 0.500. The zero-order valence-corrected chi connectivity index (χ0v) is 16.2. The molecule has 0 aliphatic heterocycles. The van der Waals surface area contributed by atoms with Crippen molar-refractivity contribution in [2.45, 2.75) is 45.1 Å². The molecule has 1 aromatic rings. The van der Waals surface area contributed by atoms with Crippen LogP contribution in [0.2, 0.25) is 0 Å². The molecule has 0 saturated carbocycles. The van der Waals surface area contributed by atoms with Crippen LogP contribution in [0.15, 0.2) is 23.2 Å². The molecule has 0 unspecified atom stereocenters. The third kappa shape index (κ3) is 9.75. The number of nitrogens with zero attached hydrogens (tertiary/aromatic N) is 2. The number of amides is 1. The Morgan fingerprint density at radius 2 is 2.08 bits per heavy atom. The molecule has 0 atom stereocenters. The van der Waals surface area contributed by atoms with Crippen LogP contribution in [0, 0.1) is 18.8 Å². The Labute approximate surface area is 153 Å². The van der Waals surface area contributed by atoms with E-state index in [1.807, 2.05) is 23.4 Å². The number of nitrogens with one attached hydrogen (secondary N) is 1. The summed E-state index contributed by atoms with van der Waals surface area (Å²) in [6.45, 7) is 9.95. The average Bonchev–Trinajstić information content (AvgIpc) is 2.47. The normalized spacial score (nSPS) is 10.8. The van der Waals surface area contributed by atoms with Crippen molar-refractivity contribution in [3.8, 4) is 11.8 Å². The third-order valence-corrected chi connectivity index (χ3v) is 3.75. The SMILES string of the molecule is CC#CC(=O)CN(CCNC(=O)OC(C)(C)C)Sc1ccc(C)nc1. The first-order chi connectivity index (χ1) is 11.7. The molecule has 0 aromatic carbocycles. The minimum Gasteiger partial charge on any atom is -0.444 e. The first-order valence-corrected chi connectivity index (χ1v) is 8.75. The molecule has 0 fully saturated rings. The van der Waals surface area contributed by atoms with E-state index in [1.54, 1.807) is 33.9 Å². The number of pyridine rings is 1. The Balaban J connectivity index is 2.61. The largest absolute Gasteiger partial charge is 0.444 e. The van der Waals surface area contributed by atoms with Crippen LogP contribution in [-0.2, 0) is 9.53 Å². The number of carbonyl (C=O) groups is 2. The molecule has 0 aliphatic rings. The lowest BCUT2D eigenvalue weighted by Crippen LogP contribution is -2.37. The minimum absolute atomic E-state index is 0.162. The Morgan fingerprint density at radius 1 is 1.36 bits per heavy atom. The van der Waals surface area contributed by atoms with Gasteiger partial charge in [0.15, 0.2) is 0 Å². The highest BCUT2D eigenvalue weighted by atomic mass is 32.2. The Bertz CT molecular complexity index is 642. The fourth-order valence-electron chi connectivity index (χ4n) is 1.75. The summed E-state index contributed by atoms with van der Waals surface area (Å²) < 4.78 is 7.04. The maximum absolute atomic E-state index is 11.8. The Kier molecular flexibility index (Phi) is 8.46. The van der Waals surface area contributed by atoms with Crippen molar-refractivity contribution >= 4 is 23.8 Å². The number of hydrogen-bond donors (Lipinski definition) is 1. The summed E-state index contributed by atoms with van der Waals surface area (Å²) in [5.74, 6) is 4.96. The molecule has 25 heavy (non-hydrogen) atoms. The summed E-state index contributed by atoms with van der Waals surface area (Å²) in [6, 6.07) is 3.85. The summed E-state index contributed by atoms with van der Waals surface area (Å²) in [5, 5.41) is 2.69. The highest BCUT2D eigenvalue weighted by Gasteiger charge is 2.17. The Hall–Kier alpha value is -2.04. The second-order valence-electron chi connectivity index (χ2n) is 6.32. The van der Waals surface area contributed by atoms with Crippen molar-refractivity contribution in [2.24, 2.45) is 0 Å². The quantitative estimate of drug-likeness (QED) is 0.456. The number of rotatable bonds is 7. The summed E-state index contributed by atoms with van der Waals surface area (Å²) in [5.41, 5.74) is 0.383. The van der Waals surface area contributed by atoms with Crippen molar-refractivity contribution in [3.63, 3.8) is 0 Å². The number of alkyl carbamates (subject to hydrolysis) is 1. The fourth-order valence-corrected chi connectivity index (χ4v) is 2.64.